The molecule has 1 aliphatic rings. The fourth-order valence-corrected chi connectivity index (χ4v) is 2.70. The van der Waals surface area contributed by atoms with Crippen molar-refractivity contribution in [2.24, 2.45) is 10.7 Å². The van der Waals surface area contributed by atoms with Gasteiger partial charge in [0.25, 0.3) is 0 Å². The van der Waals surface area contributed by atoms with E-state index in [1.807, 2.05) is 0 Å². The van der Waals surface area contributed by atoms with E-state index >= 15 is 0 Å². The van der Waals surface area contributed by atoms with Gasteiger partial charge in [-0.25, -0.2) is 9.79 Å². The Kier molecular flexibility index (Phi) is 9.62. The quantitative estimate of drug-likeness (QED) is 0.357. The molecular weight excluding hydrogens is 492 g/mol. The number of likely N-dealkylation sites (tertiary alicyclic amines) is 1. The molecule has 28 heavy (non-hydrogen) atoms. The van der Waals surface area contributed by atoms with E-state index in [1.165, 1.54) is 18.2 Å². The summed E-state index contributed by atoms with van der Waals surface area (Å²) in [5.41, 5.74) is 6.12. The maximum Gasteiger partial charge on any atom is 0.573 e. The minimum atomic E-state index is -4.77. The Morgan fingerprint density at radius 1 is 1.32 bits per heavy atom. The number of hydrogen-bond donors (Lipinski definition) is 2. The molecule has 0 radical (unpaired) electrons. The molecule has 1 aromatic carbocycles. The maximum absolute atomic E-state index is 12.4. The van der Waals surface area contributed by atoms with Crippen LogP contribution in [-0.4, -0.2) is 49.1 Å². The molecule has 1 saturated heterocycles. The highest BCUT2D eigenvalue weighted by Gasteiger charge is 2.32. The molecule has 2 rings (SSSR count). The predicted molar refractivity (Wildman–Crippen MR) is 109 cm³/mol. The van der Waals surface area contributed by atoms with E-state index in [-0.39, 0.29) is 59.9 Å². The van der Waals surface area contributed by atoms with Crippen LogP contribution >= 0.6 is 24.0 Å². The van der Waals surface area contributed by atoms with Crippen LogP contribution in [0.25, 0.3) is 0 Å². The van der Waals surface area contributed by atoms with Crippen molar-refractivity contribution < 1.29 is 27.4 Å². The van der Waals surface area contributed by atoms with Crippen LogP contribution in [0.2, 0.25) is 0 Å². The number of carbonyl (C=O) groups excluding carboxylic acids is 1. The second-order valence-corrected chi connectivity index (χ2v) is 5.96. The summed E-state index contributed by atoms with van der Waals surface area (Å²) in [5.74, 6) is -0.171. The second-order valence-electron chi connectivity index (χ2n) is 5.96. The van der Waals surface area contributed by atoms with Crippen molar-refractivity contribution in [1.29, 1.82) is 0 Å². The van der Waals surface area contributed by atoms with Gasteiger partial charge in [-0.3, -0.25) is 0 Å². The zero-order chi connectivity index (χ0) is 19.9. The Labute approximate surface area is 178 Å². The third-order valence-electron chi connectivity index (χ3n) is 3.99. The monoisotopic (exact) mass is 516 g/mol. The van der Waals surface area contributed by atoms with Crippen LogP contribution in [0.5, 0.6) is 5.75 Å². The molecule has 0 unspecified atom stereocenters. The van der Waals surface area contributed by atoms with Gasteiger partial charge in [0.2, 0.25) is 0 Å². The van der Waals surface area contributed by atoms with E-state index in [1.54, 1.807) is 17.9 Å². The van der Waals surface area contributed by atoms with Crippen LogP contribution in [0.15, 0.2) is 29.3 Å². The molecule has 1 amide bonds. The first-order valence-corrected chi connectivity index (χ1v) is 8.60. The largest absolute Gasteiger partial charge is 0.573 e. The molecule has 1 heterocycles. The zero-order valence-corrected chi connectivity index (χ0v) is 17.7. The normalized spacial score (nSPS) is 15.6. The first kappa shape index (κ1) is 24.1. The van der Waals surface area contributed by atoms with Gasteiger partial charge in [0.05, 0.1) is 13.2 Å². The minimum Gasteiger partial charge on any atom is -0.450 e. The molecule has 0 bridgehead atoms. The van der Waals surface area contributed by atoms with E-state index < -0.39 is 6.36 Å². The number of piperidine rings is 1. The number of amides is 1. The Bertz CT molecular complexity index is 665. The number of benzene rings is 1. The Morgan fingerprint density at radius 3 is 2.57 bits per heavy atom. The fourth-order valence-electron chi connectivity index (χ4n) is 2.70. The molecule has 3 N–H and O–H groups in total. The summed E-state index contributed by atoms with van der Waals surface area (Å²) in [7, 11) is 0. The third-order valence-corrected chi connectivity index (χ3v) is 3.99. The zero-order valence-electron chi connectivity index (χ0n) is 15.4. The topological polar surface area (TPSA) is 89.2 Å². The molecule has 0 saturated carbocycles. The van der Waals surface area contributed by atoms with Gasteiger partial charge in [-0.1, -0.05) is 18.2 Å². The fraction of sp³-hybridized carbons (Fsp3) is 0.529. The molecule has 0 atom stereocenters. The van der Waals surface area contributed by atoms with Crippen LogP contribution in [0.1, 0.15) is 25.3 Å². The summed E-state index contributed by atoms with van der Waals surface area (Å²) in [6.45, 7) is 3.10. The average molecular weight is 516 g/mol. The van der Waals surface area contributed by atoms with E-state index in [2.05, 4.69) is 15.0 Å². The molecular formula is C17H24F3IN4O3. The Hall–Kier alpha value is -1.92. The van der Waals surface area contributed by atoms with Gasteiger partial charge in [0, 0.05) is 24.7 Å². The first-order valence-electron chi connectivity index (χ1n) is 8.60. The lowest BCUT2D eigenvalue weighted by Crippen LogP contribution is -2.48. The van der Waals surface area contributed by atoms with Gasteiger partial charge in [0.15, 0.2) is 5.96 Å². The molecule has 1 fully saturated rings. The van der Waals surface area contributed by atoms with Gasteiger partial charge >= 0.3 is 12.5 Å². The van der Waals surface area contributed by atoms with Crippen molar-refractivity contribution in [3.63, 3.8) is 0 Å². The van der Waals surface area contributed by atoms with Crippen molar-refractivity contribution in [3.05, 3.63) is 29.8 Å². The van der Waals surface area contributed by atoms with Gasteiger partial charge < -0.3 is 25.4 Å². The lowest BCUT2D eigenvalue weighted by molar-refractivity contribution is -0.274. The summed E-state index contributed by atoms with van der Waals surface area (Å²) in [6.07, 6.45) is -3.76. The van der Waals surface area contributed by atoms with E-state index in [9.17, 15) is 18.0 Å². The molecule has 0 spiro atoms. The van der Waals surface area contributed by atoms with Crippen LogP contribution in [0.3, 0.4) is 0 Å². The summed E-state index contributed by atoms with van der Waals surface area (Å²) in [5, 5.41) is 3.03. The number of ether oxygens (including phenoxy) is 2. The highest BCUT2D eigenvalue weighted by atomic mass is 127. The number of aliphatic imine (C=N–C) groups is 1. The van der Waals surface area contributed by atoms with Crippen molar-refractivity contribution in [2.75, 3.05) is 19.7 Å². The van der Waals surface area contributed by atoms with Crippen LogP contribution in [0, 0.1) is 0 Å². The third kappa shape index (κ3) is 7.98. The number of rotatable bonds is 5. The number of nitrogens with zero attached hydrogens (tertiary/aromatic N) is 2. The highest BCUT2D eigenvalue weighted by Crippen LogP contribution is 2.26. The number of guanidine groups is 1. The number of alkyl halides is 3. The van der Waals surface area contributed by atoms with Crippen LogP contribution in [-0.2, 0) is 11.3 Å². The van der Waals surface area contributed by atoms with Crippen molar-refractivity contribution >= 4 is 36.0 Å². The van der Waals surface area contributed by atoms with E-state index in [4.69, 9.17) is 10.5 Å². The maximum atomic E-state index is 12.4. The van der Waals surface area contributed by atoms with Crippen molar-refractivity contribution in [2.45, 2.75) is 38.7 Å². The molecule has 1 aromatic rings. The van der Waals surface area contributed by atoms with E-state index in [0.29, 0.717) is 32.5 Å². The van der Waals surface area contributed by atoms with Gasteiger partial charge in [-0.2, -0.15) is 0 Å². The first-order chi connectivity index (χ1) is 12.8. The summed E-state index contributed by atoms with van der Waals surface area (Å²) >= 11 is 0. The number of nitrogens with two attached hydrogens (primary N) is 1. The number of hydrogen-bond acceptors (Lipinski definition) is 4. The second kappa shape index (κ2) is 11.2. The molecule has 0 aromatic heterocycles. The molecule has 0 aliphatic carbocycles. The summed E-state index contributed by atoms with van der Waals surface area (Å²) in [6, 6.07) is 5.81. The molecule has 158 valence electrons. The van der Waals surface area contributed by atoms with Crippen LogP contribution < -0.4 is 15.8 Å². The number of carbonyl (C=O) groups is 1. The smallest absolute Gasteiger partial charge is 0.450 e. The van der Waals surface area contributed by atoms with Gasteiger partial charge in [-0.15, -0.1) is 37.1 Å². The number of halogens is 4. The minimum absolute atomic E-state index is 0. The summed E-state index contributed by atoms with van der Waals surface area (Å²) in [4.78, 5) is 17.4. The number of nitrogens with one attached hydrogen (secondary N) is 1. The molecule has 7 nitrogen and oxygen atoms in total. The molecule has 1 aliphatic heterocycles. The SMILES string of the molecule is CCOC(=O)N1CCC(NC(N)=NCc2ccccc2OC(F)(F)F)CC1.I. The van der Waals surface area contributed by atoms with Crippen molar-refractivity contribution in [3.8, 4) is 5.75 Å². The standard InChI is InChI=1S/C17H23F3N4O3.HI/c1-2-26-16(25)24-9-7-13(8-10-24)23-15(21)22-11-12-5-3-4-6-14(12)27-17(18,19)20;/h3-6,13H,2,7-11H2,1H3,(H3,21,22,23);1H. The number of para-hydroxylation sites is 1. The lowest BCUT2D eigenvalue weighted by atomic mass is 10.1. The highest BCUT2D eigenvalue weighted by molar-refractivity contribution is 14.0. The average Bonchev–Trinajstić information content (AvgIpc) is 2.60. The van der Waals surface area contributed by atoms with Gasteiger partial charge in [0.1, 0.15) is 5.75 Å². The van der Waals surface area contributed by atoms with Crippen molar-refractivity contribution in [1.82, 2.24) is 10.2 Å². The molecule has 11 heteroatoms. The summed E-state index contributed by atoms with van der Waals surface area (Å²) < 4.78 is 46.2. The Morgan fingerprint density at radius 2 is 1.96 bits per heavy atom. The van der Waals surface area contributed by atoms with E-state index in [0.717, 1.165) is 0 Å². The Balaban J connectivity index is 0.00000392. The van der Waals surface area contributed by atoms with Crippen LogP contribution in [0.4, 0.5) is 18.0 Å². The predicted octanol–water partition coefficient (Wildman–Crippen LogP) is 3.23. The lowest BCUT2D eigenvalue weighted by Gasteiger charge is -2.31. The van der Waals surface area contributed by atoms with Gasteiger partial charge in [-0.05, 0) is 25.8 Å².